The zero-order chi connectivity index (χ0) is 19.8. The molecule has 0 saturated heterocycles. The van der Waals surface area contributed by atoms with Crippen molar-refractivity contribution in [2.24, 2.45) is 5.92 Å². The second-order valence-electron chi connectivity index (χ2n) is 7.63. The van der Waals surface area contributed by atoms with Gasteiger partial charge in [-0.15, -0.1) is 11.3 Å². The second-order valence-corrected chi connectivity index (χ2v) is 8.57. The van der Waals surface area contributed by atoms with Gasteiger partial charge >= 0.3 is 0 Å². The van der Waals surface area contributed by atoms with E-state index in [0.29, 0.717) is 31.4 Å². The minimum absolute atomic E-state index is 0.212. The van der Waals surface area contributed by atoms with Gasteiger partial charge in [-0.05, 0) is 29.9 Å². The van der Waals surface area contributed by atoms with Gasteiger partial charge in [-0.25, -0.2) is 4.98 Å². The Morgan fingerprint density at radius 3 is 2.63 bits per heavy atom. The molecule has 0 radical (unpaired) electrons. The highest BCUT2D eigenvalue weighted by Crippen LogP contribution is 2.27. The van der Waals surface area contributed by atoms with E-state index in [1.54, 1.807) is 11.3 Å². The maximum Gasteiger partial charge on any atom is 0.223 e. The van der Waals surface area contributed by atoms with Crippen molar-refractivity contribution in [2.75, 3.05) is 6.54 Å². The molecule has 0 aliphatic rings. The van der Waals surface area contributed by atoms with Gasteiger partial charge in [-0.1, -0.05) is 52.8 Å². The second kappa shape index (κ2) is 10.5. The number of hydrogen-bond donors (Lipinski definition) is 0. The summed E-state index contributed by atoms with van der Waals surface area (Å²) in [6, 6.07) is 8.16. The molecule has 0 bridgehead atoms. The monoisotopic (exact) mass is 388 g/mol. The zero-order valence-corrected chi connectivity index (χ0v) is 18.0. The topological polar surface area (TPSA) is 42.4 Å². The third-order valence-electron chi connectivity index (χ3n) is 4.27. The van der Waals surface area contributed by atoms with Crippen LogP contribution in [0.5, 0.6) is 5.75 Å². The lowest BCUT2D eigenvalue weighted by Gasteiger charge is -2.22. The first-order valence-corrected chi connectivity index (χ1v) is 10.7. The van der Waals surface area contributed by atoms with Crippen LogP contribution in [0.2, 0.25) is 0 Å². The van der Waals surface area contributed by atoms with E-state index < -0.39 is 0 Å². The number of carbonyl (C=O) groups is 1. The highest BCUT2D eigenvalue weighted by atomic mass is 32.1. The van der Waals surface area contributed by atoms with Crippen LogP contribution < -0.4 is 4.74 Å². The predicted molar refractivity (Wildman–Crippen MR) is 112 cm³/mol. The van der Waals surface area contributed by atoms with Gasteiger partial charge in [0.1, 0.15) is 17.4 Å². The van der Waals surface area contributed by atoms with E-state index in [9.17, 15) is 4.79 Å². The third-order valence-corrected chi connectivity index (χ3v) is 5.14. The van der Waals surface area contributed by atoms with Gasteiger partial charge in [0, 0.05) is 18.3 Å². The van der Waals surface area contributed by atoms with Crippen molar-refractivity contribution in [1.29, 1.82) is 0 Å². The smallest absolute Gasteiger partial charge is 0.223 e. The van der Waals surface area contributed by atoms with Gasteiger partial charge in [0.25, 0.3) is 0 Å². The molecule has 0 N–H and O–H groups in total. The lowest BCUT2D eigenvalue weighted by Crippen LogP contribution is -2.32. The van der Waals surface area contributed by atoms with Gasteiger partial charge in [-0.3, -0.25) is 4.79 Å². The molecule has 2 rings (SSSR count). The Morgan fingerprint density at radius 1 is 1.22 bits per heavy atom. The van der Waals surface area contributed by atoms with Crippen molar-refractivity contribution in [3.05, 3.63) is 45.9 Å². The van der Waals surface area contributed by atoms with Crippen LogP contribution >= 0.6 is 11.3 Å². The molecule has 0 unspecified atom stereocenters. The zero-order valence-electron chi connectivity index (χ0n) is 17.2. The summed E-state index contributed by atoms with van der Waals surface area (Å²) in [6.45, 7) is 12.4. The van der Waals surface area contributed by atoms with E-state index in [4.69, 9.17) is 4.74 Å². The average Bonchev–Trinajstić information content (AvgIpc) is 3.06. The fourth-order valence-electron chi connectivity index (χ4n) is 2.95. The van der Waals surface area contributed by atoms with Gasteiger partial charge in [0.15, 0.2) is 0 Å². The Kier molecular flexibility index (Phi) is 8.29. The van der Waals surface area contributed by atoms with E-state index in [-0.39, 0.29) is 5.91 Å². The number of amides is 1. The molecule has 1 aromatic heterocycles. The normalized spacial score (nSPS) is 11.2. The van der Waals surface area contributed by atoms with Gasteiger partial charge in [0.05, 0.1) is 12.2 Å². The van der Waals surface area contributed by atoms with Crippen LogP contribution in [0, 0.1) is 5.92 Å². The van der Waals surface area contributed by atoms with Crippen molar-refractivity contribution in [2.45, 2.75) is 66.5 Å². The van der Waals surface area contributed by atoms with Gasteiger partial charge in [-0.2, -0.15) is 0 Å². The molecule has 27 heavy (non-hydrogen) atoms. The molecule has 0 spiro atoms. The summed E-state index contributed by atoms with van der Waals surface area (Å²) in [5.41, 5.74) is 2.16. The largest absolute Gasteiger partial charge is 0.486 e. The van der Waals surface area contributed by atoms with Crippen molar-refractivity contribution in [3.63, 3.8) is 0 Å². The lowest BCUT2D eigenvalue weighted by atomic mass is 10.0. The Balaban J connectivity index is 1.98. The number of rotatable bonds is 10. The number of thiazole rings is 1. The maximum absolute atomic E-state index is 12.4. The molecule has 1 heterocycles. The average molecular weight is 389 g/mol. The van der Waals surface area contributed by atoms with Crippen LogP contribution in [0.4, 0.5) is 0 Å². The van der Waals surface area contributed by atoms with Crippen molar-refractivity contribution >= 4 is 17.2 Å². The highest BCUT2D eigenvalue weighted by molar-refractivity contribution is 7.09. The molecule has 0 atom stereocenters. The first-order valence-electron chi connectivity index (χ1n) is 9.83. The highest BCUT2D eigenvalue weighted by Gasteiger charge is 2.16. The Bertz CT molecular complexity index is 725. The standard InChI is InChI=1S/C22H32N2O2S/c1-6-11-24(22(25)12-16(2)3)13-18-15-27-21(23-18)14-26-20-10-8-7-9-19(20)17(4)5/h7-10,15-17H,6,11-14H2,1-5H3. The number of benzene rings is 1. The molecule has 1 amide bonds. The summed E-state index contributed by atoms with van der Waals surface area (Å²) >= 11 is 1.59. The molecular formula is C22H32N2O2S. The SMILES string of the molecule is CCCN(Cc1csc(COc2ccccc2C(C)C)n1)C(=O)CC(C)C. The van der Waals surface area contributed by atoms with Crippen molar-refractivity contribution in [3.8, 4) is 5.75 Å². The lowest BCUT2D eigenvalue weighted by molar-refractivity contribution is -0.132. The van der Waals surface area contributed by atoms with Crippen LogP contribution in [0.1, 0.15) is 69.6 Å². The number of carbonyl (C=O) groups excluding carboxylic acids is 1. The van der Waals surface area contributed by atoms with E-state index in [1.165, 1.54) is 5.56 Å². The number of nitrogens with zero attached hydrogens (tertiary/aromatic N) is 2. The summed E-state index contributed by atoms with van der Waals surface area (Å²) in [7, 11) is 0. The molecular weight excluding hydrogens is 356 g/mol. The number of ether oxygens (including phenoxy) is 1. The van der Waals surface area contributed by atoms with Crippen LogP contribution in [0.25, 0.3) is 0 Å². The molecule has 2 aromatic rings. The molecule has 1 aromatic carbocycles. The fraction of sp³-hybridized carbons (Fsp3) is 0.545. The molecule has 0 fully saturated rings. The molecule has 148 valence electrons. The van der Waals surface area contributed by atoms with E-state index >= 15 is 0 Å². The molecule has 0 saturated carbocycles. The Labute approximate surface area is 167 Å². The first-order chi connectivity index (χ1) is 12.9. The number of para-hydroxylation sites is 1. The molecule has 0 aliphatic carbocycles. The Hall–Kier alpha value is -1.88. The fourth-order valence-corrected chi connectivity index (χ4v) is 3.65. The third kappa shape index (κ3) is 6.65. The van der Waals surface area contributed by atoms with E-state index in [2.05, 4.69) is 45.7 Å². The predicted octanol–water partition coefficient (Wildman–Crippen LogP) is 5.63. The van der Waals surface area contributed by atoms with Crippen LogP contribution in [-0.2, 0) is 17.9 Å². The Morgan fingerprint density at radius 2 is 1.96 bits per heavy atom. The van der Waals surface area contributed by atoms with Gasteiger partial charge < -0.3 is 9.64 Å². The van der Waals surface area contributed by atoms with Crippen molar-refractivity contribution in [1.82, 2.24) is 9.88 Å². The minimum atomic E-state index is 0.212. The summed E-state index contributed by atoms with van der Waals surface area (Å²) in [5, 5.41) is 2.98. The maximum atomic E-state index is 12.4. The van der Waals surface area contributed by atoms with Crippen LogP contribution in [0.15, 0.2) is 29.6 Å². The molecule has 4 nitrogen and oxygen atoms in total. The van der Waals surface area contributed by atoms with Crippen LogP contribution in [0.3, 0.4) is 0 Å². The summed E-state index contributed by atoms with van der Waals surface area (Å²) in [6.07, 6.45) is 1.54. The van der Waals surface area contributed by atoms with E-state index in [0.717, 1.165) is 29.4 Å². The molecule has 0 aliphatic heterocycles. The van der Waals surface area contributed by atoms with Gasteiger partial charge in [0.2, 0.25) is 5.91 Å². The van der Waals surface area contributed by atoms with E-state index in [1.807, 2.05) is 28.5 Å². The summed E-state index contributed by atoms with van der Waals surface area (Å²) in [5.74, 6) is 1.92. The quantitative estimate of drug-likeness (QED) is 0.530. The van der Waals surface area contributed by atoms with Crippen LogP contribution in [-0.4, -0.2) is 22.3 Å². The summed E-state index contributed by atoms with van der Waals surface area (Å²) < 4.78 is 6.02. The first kappa shape index (κ1) is 21.4. The molecule has 5 heteroatoms. The summed E-state index contributed by atoms with van der Waals surface area (Å²) in [4.78, 5) is 19.1. The van der Waals surface area contributed by atoms with Crippen molar-refractivity contribution < 1.29 is 9.53 Å². The number of aromatic nitrogens is 1. The minimum Gasteiger partial charge on any atom is -0.486 e. The number of hydrogen-bond acceptors (Lipinski definition) is 4.